The monoisotopic (exact) mass is 1360 g/mol. The number of hydroxylamine groups is 6. The lowest BCUT2D eigenvalue weighted by Crippen LogP contribution is -2.50. The maximum absolute atomic E-state index is 12.5. The van der Waals surface area contributed by atoms with Crippen LogP contribution in [0.15, 0.2) is 61.3 Å². The van der Waals surface area contributed by atoms with Crippen LogP contribution in [0.25, 0.3) is 0 Å². The SMILES string of the molecule is C=C(C)NC1(Cc2cc([C@@H]3CC[C@@H]4CN3C(=O)N4O)no2)CC1.C=C(C)NC1(Cc2cc([C@@H]3CC[C@@H]4CN3C(=O)N4OS(=O)(=O)[O-])no2)CC1.CCCC[N+](CCCC)(CCCC)CCCC.NC(N)=NC1(Cc2cc([C@@H]3CC[C@@H]4CN3C(=O)N4OS(=O)(=O)O)no2)CC1. The first-order chi connectivity index (χ1) is 44.5. The molecule has 9 heterocycles. The number of hydrogen-bond donors (Lipinski definition) is 6. The Morgan fingerprint density at radius 3 is 1.32 bits per heavy atom. The van der Waals surface area contributed by atoms with Crippen LogP contribution in [0.3, 0.4) is 0 Å². The van der Waals surface area contributed by atoms with E-state index < -0.39 is 44.9 Å². The van der Waals surface area contributed by atoms with Crippen molar-refractivity contribution in [1.82, 2.24) is 56.0 Å². The van der Waals surface area contributed by atoms with E-state index in [1.165, 1.54) is 91.8 Å². The van der Waals surface area contributed by atoms with E-state index in [9.17, 15) is 41.0 Å². The third kappa shape index (κ3) is 18.3. The Kier molecular flexibility index (Phi) is 22.8. The number of aromatic nitrogens is 3. The van der Waals surface area contributed by atoms with Gasteiger partial charge in [0, 0.05) is 79.6 Å². The van der Waals surface area contributed by atoms with Gasteiger partial charge in [0.05, 0.1) is 68.0 Å². The fourth-order valence-corrected chi connectivity index (χ4v) is 15.0. The molecule has 3 aromatic rings. The van der Waals surface area contributed by atoms with E-state index in [0.29, 0.717) is 72.3 Å². The average Bonchev–Trinajstić information content (AvgIpc) is 1.63. The summed E-state index contributed by atoms with van der Waals surface area (Å²) in [4.78, 5) is 45.9. The van der Waals surface area contributed by atoms with E-state index in [1.807, 2.05) is 26.0 Å². The van der Waals surface area contributed by atoms with E-state index in [4.69, 9.17) is 29.6 Å². The molecule has 30 nitrogen and oxygen atoms in total. The second-order valence-corrected chi connectivity index (χ2v) is 29.5. The van der Waals surface area contributed by atoms with Crippen LogP contribution in [0.5, 0.6) is 0 Å². The van der Waals surface area contributed by atoms with Crippen molar-refractivity contribution >= 4 is 44.9 Å². The summed E-state index contributed by atoms with van der Waals surface area (Å²) < 4.78 is 89.9. The van der Waals surface area contributed by atoms with E-state index in [1.54, 1.807) is 11.0 Å². The van der Waals surface area contributed by atoms with Gasteiger partial charge in [0.1, 0.15) is 34.4 Å². The van der Waals surface area contributed by atoms with Crippen LogP contribution < -0.4 is 22.1 Å². The number of quaternary nitrogens is 1. The summed E-state index contributed by atoms with van der Waals surface area (Å²) >= 11 is 0. The van der Waals surface area contributed by atoms with Crippen LogP contribution in [-0.4, -0.2) is 186 Å². The number of nitrogens with zero attached hydrogens (tertiary/aromatic N) is 11. The standard InChI is InChI=1S/C16H22N4O6S.C16H22N4O3.C16H36N.C14H20N6O6S/c1-10(2)17-16(5-6-16)8-12-7-13(18-25-12)14-4-3-11-9-19(14)15(21)20(11)26-27(22,23)24;1-10(2)17-16(5-6-16)8-12-7-13(18-23-12)14-4-3-11-9-19(14)15(21)20(11)22;1-5-9-13-17(14-10-6-2,15-11-7-3)16-12-8-4;15-12(16)17-14(3-4-14)6-9-5-10(18-25-9)11-2-1-8-7-19(11)13(21)20(8)26-27(22,23)24/h7,11,14,17H,1,3-6,8-9H2,2H3,(H,22,23,24);7,11,14,17,22H,1,3-6,8-9H2,2H3;5-16H2,1-4H3;5,8,11H,1-4,6-7H2,(H4,15,16,17)(H,22,23,24)/q;;+1;/p-1/t2*11-,14+;;8-,11+/m11.1/s1. The van der Waals surface area contributed by atoms with Crippen LogP contribution in [0.4, 0.5) is 14.4 Å². The Labute approximate surface area is 552 Å². The Morgan fingerprint density at radius 1 is 0.617 bits per heavy atom. The van der Waals surface area contributed by atoms with Gasteiger partial charge in [-0.1, -0.05) is 82.0 Å². The summed E-state index contributed by atoms with van der Waals surface area (Å²) in [6, 6.07) is 2.17. The predicted octanol–water partition coefficient (Wildman–Crippen LogP) is 8.11. The number of hydrogen-bond acceptors (Lipinski definition) is 20. The number of fused-ring (bicyclic) bond motifs is 6. The number of allylic oxidation sites excluding steroid dienone is 2. The van der Waals surface area contributed by atoms with Gasteiger partial charge >= 0.3 is 28.5 Å². The fourth-order valence-electron chi connectivity index (χ4n) is 14.2. The average molecular weight is 1360 g/mol. The van der Waals surface area contributed by atoms with Gasteiger partial charge in [-0.3, -0.25) is 9.76 Å². The molecule has 6 aliphatic heterocycles. The minimum absolute atomic E-state index is 0.0309. The lowest BCUT2D eigenvalue weighted by Gasteiger charge is -2.39. The number of carbonyl (C=O) groups is 3. The molecule has 3 aliphatic carbocycles. The second kappa shape index (κ2) is 29.8. The number of rotatable bonds is 30. The zero-order valence-corrected chi connectivity index (χ0v) is 57.0. The van der Waals surface area contributed by atoms with Crippen LogP contribution in [0, 0.1) is 0 Å². The molecule has 9 fully saturated rings. The summed E-state index contributed by atoms with van der Waals surface area (Å²) in [5.74, 6) is 2.21. The maximum atomic E-state index is 12.5. The van der Waals surface area contributed by atoms with Crippen molar-refractivity contribution in [1.29, 1.82) is 0 Å². The normalized spacial score (nSPS) is 24.2. The van der Waals surface area contributed by atoms with Crippen LogP contribution >= 0.6 is 0 Å². The molecule has 6 saturated heterocycles. The largest absolute Gasteiger partial charge is 0.724 e. The molecule has 0 spiro atoms. The molecule has 524 valence electrons. The van der Waals surface area contributed by atoms with Crippen molar-refractivity contribution in [3.63, 3.8) is 0 Å². The Hall–Kier alpha value is -6.55. The minimum Gasteiger partial charge on any atom is -0.724 e. The Bertz CT molecular complexity index is 3360. The molecule has 0 aromatic carbocycles. The quantitative estimate of drug-likeness (QED) is 0.00916. The first-order valence-electron chi connectivity index (χ1n) is 33.5. The lowest BCUT2D eigenvalue weighted by molar-refractivity contribution is -0.929. The van der Waals surface area contributed by atoms with Gasteiger partial charge in [0.25, 0.3) is 0 Å². The van der Waals surface area contributed by atoms with Crippen LogP contribution in [-0.2, 0) is 48.6 Å². The number of aliphatic imine (C=N–C) groups is 1. The molecule has 0 radical (unpaired) electrons. The Balaban J connectivity index is 0.000000150. The second-order valence-electron chi connectivity index (χ2n) is 27.5. The molecular weight excluding hydrogens is 1260 g/mol. The molecule has 94 heavy (non-hydrogen) atoms. The molecule has 12 rings (SSSR count). The molecule has 9 aliphatic rings. The number of carbonyl (C=O) groups excluding carboxylic acids is 3. The molecule has 3 aromatic heterocycles. The Morgan fingerprint density at radius 2 is 0.979 bits per heavy atom. The highest BCUT2D eigenvalue weighted by Gasteiger charge is 2.52. The van der Waals surface area contributed by atoms with Gasteiger partial charge in [-0.2, -0.15) is 22.8 Å². The van der Waals surface area contributed by atoms with Gasteiger partial charge in [-0.25, -0.2) is 32.9 Å². The van der Waals surface area contributed by atoms with E-state index in [0.717, 1.165) is 91.5 Å². The third-order valence-electron chi connectivity index (χ3n) is 19.4. The number of urea groups is 3. The molecule has 6 atom stereocenters. The van der Waals surface area contributed by atoms with E-state index in [-0.39, 0.29) is 65.9 Å². The van der Waals surface area contributed by atoms with Gasteiger partial charge in [0.15, 0.2) is 5.96 Å². The number of guanidine groups is 1. The zero-order valence-electron chi connectivity index (χ0n) is 55.4. The van der Waals surface area contributed by atoms with Gasteiger partial charge in [-0.05, 0) is 117 Å². The summed E-state index contributed by atoms with van der Waals surface area (Å²) in [6.45, 7) is 27.8. The number of amides is 6. The van der Waals surface area contributed by atoms with Crippen molar-refractivity contribution in [2.75, 3.05) is 45.8 Å². The van der Waals surface area contributed by atoms with E-state index in [2.05, 4.69) is 80.5 Å². The molecule has 6 amide bonds. The molecule has 6 bridgehead atoms. The van der Waals surface area contributed by atoms with Crippen molar-refractivity contribution in [2.45, 2.75) is 242 Å². The molecule has 8 N–H and O–H groups in total. The molecule has 3 saturated carbocycles. The van der Waals surface area contributed by atoms with Crippen molar-refractivity contribution in [2.24, 2.45) is 16.5 Å². The molecular formula is C62H99N15O15S2. The van der Waals surface area contributed by atoms with Crippen LogP contribution in [0.2, 0.25) is 0 Å². The highest BCUT2D eigenvalue weighted by Crippen LogP contribution is 2.46. The minimum atomic E-state index is -5.00. The molecule has 0 unspecified atom stereocenters. The van der Waals surface area contributed by atoms with E-state index >= 15 is 0 Å². The maximum Gasteiger partial charge on any atom is 0.418 e. The first-order valence-corrected chi connectivity index (χ1v) is 36.2. The van der Waals surface area contributed by atoms with Crippen LogP contribution in [0.1, 0.15) is 222 Å². The zero-order chi connectivity index (χ0) is 68.0. The number of piperidine rings is 3. The number of nitrogens with one attached hydrogen (secondary N) is 2. The van der Waals surface area contributed by atoms with Gasteiger partial charge in [0.2, 0.25) is 10.4 Å². The van der Waals surface area contributed by atoms with Gasteiger partial charge in [-0.15, -0.1) is 4.28 Å². The fraction of sp³-hybridized carbons (Fsp3) is 0.726. The highest BCUT2D eigenvalue weighted by molar-refractivity contribution is 7.81. The predicted molar refractivity (Wildman–Crippen MR) is 342 cm³/mol. The lowest BCUT2D eigenvalue weighted by atomic mass is 9.98. The summed E-state index contributed by atoms with van der Waals surface area (Å²) in [7, 11) is -9.77. The first kappa shape index (κ1) is 71.7. The topological polar surface area (TPSA) is 387 Å². The summed E-state index contributed by atoms with van der Waals surface area (Å²) in [5, 5.41) is 31.2. The smallest absolute Gasteiger partial charge is 0.418 e. The van der Waals surface area contributed by atoms with Crippen molar-refractivity contribution < 1.29 is 72.2 Å². The van der Waals surface area contributed by atoms with Gasteiger partial charge < -0.3 is 59.4 Å². The summed E-state index contributed by atoms with van der Waals surface area (Å²) in [5.41, 5.74) is 14.5. The highest BCUT2D eigenvalue weighted by atomic mass is 32.3. The molecule has 32 heteroatoms. The van der Waals surface area contributed by atoms with Crippen molar-refractivity contribution in [3.8, 4) is 0 Å². The third-order valence-corrected chi connectivity index (χ3v) is 20.1. The van der Waals surface area contributed by atoms with Crippen molar-refractivity contribution in [3.05, 3.63) is 77.1 Å². The number of nitrogens with two attached hydrogens (primary N) is 2. The summed E-state index contributed by atoms with van der Waals surface area (Å²) in [6.07, 6.45) is 22.8. The number of unbranched alkanes of at least 4 members (excludes halogenated alkanes) is 4.